The van der Waals surface area contributed by atoms with Crippen molar-refractivity contribution in [1.82, 2.24) is 4.90 Å². The first-order chi connectivity index (χ1) is 8.43. The molecule has 0 aliphatic rings. The molecule has 0 unspecified atom stereocenters. The van der Waals surface area contributed by atoms with Crippen molar-refractivity contribution >= 4 is 23.1 Å². The van der Waals surface area contributed by atoms with E-state index >= 15 is 0 Å². The SMILES string of the molecule is CC(C)N(CCC(N)=S)C(=O)c1ccccc1O. The summed E-state index contributed by atoms with van der Waals surface area (Å²) >= 11 is 4.82. The Bertz CT molecular complexity index is 446. The first-order valence-electron chi connectivity index (χ1n) is 5.80. The Labute approximate surface area is 112 Å². The van der Waals surface area contributed by atoms with Crippen LogP contribution in [0.2, 0.25) is 0 Å². The van der Waals surface area contributed by atoms with Crippen molar-refractivity contribution in [2.75, 3.05) is 6.54 Å². The average Bonchev–Trinajstić information content (AvgIpc) is 2.28. The van der Waals surface area contributed by atoms with Crippen molar-refractivity contribution in [3.8, 4) is 5.75 Å². The van der Waals surface area contributed by atoms with E-state index in [-0.39, 0.29) is 17.7 Å². The molecule has 0 spiro atoms. The normalized spacial score (nSPS) is 10.4. The molecule has 0 saturated heterocycles. The van der Waals surface area contributed by atoms with Crippen LogP contribution in [0, 0.1) is 0 Å². The van der Waals surface area contributed by atoms with Crippen LogP contribution in [0.4, 0.5) is 0 Å². The number of hydrogen-bond donors (Lipinski definition) is 2. The minimum atomic E-state index is -0.209. The third kappa shape index (κ3) is 3.70. The van der Waals surface area contributed by atoms with Gasteiger partial charge in [0.2, 0.25) is 0 Å². The molecule has 0 aliphatic carbocycles. The van der Waals surface area contributed by atoms with Gasteiger partial charge in [-0.15, -0.1) is 0 Å². The summed E-state index contributed by atoms with van der Waals surface area (Å²) in [6, 6.07) is 6.53. The Kier molecular flexibility index (Phi) is 5.09. The molecule has 0 fully saturated rings. The highest BCUT2D eigenvalue weighted by Crippen LogP contribution is 2.19. The van der Waals surface area contributed by atoms with Gasteiger partial charge in [-0.2, -0.15) is 0 Å². The van der Waals surface area contributed by atoms with Crippen LogP contribution >= 0.6 is 12.2 Å². The van der Waals surface area contributed by atoms with Crippen LogP contribution in [-0.4, -0.2) is 33.5 Å². The van der Waals surface area contributed by atoms with Crippen LogP contribution in [0.25, 0.3) is 0 Å². The molecule has 0 heterocycles. The van der Waals surface area contributed by atoms with Gasteiger partial charge in [0.25, 0.3) is 5.91 Å². The second-order valence-electron chi connectivity index (χ2n) is 4.33. The molecule has 1 aromatic carbocycles. The zero-order chi connectivity index (χ0) is 13.7. The number of rotatable bonds is 5. The van der Waals surface area contributed by atoms with E-state index in [2.05, 4.69) is 0 Å². The molecular formula is C13H18N2O2S. The van der Waals surface area contributed by atoms with Crippen molar-refractivity contribution in [3.63, 3.8) is 0 Å². The first-order valence-corrected chi connectivity index (χ1v) is 6.21. The van der Waals surface area contributed by atoms with Gasteiger partial charge >= 0.3 is 0 Å². The Morgan fingerprint density at radius 3 is 2.56 bits per heavy atom. The smallest absolute Gasteiger partial charge is 0.257 e. The number of benzene rings is 1. The summed E-state index contributed by atoms with van der Waals surface area (Å²) in [7, 11) is 0. The van der Waals surface area contributed by atoms with Crippen LogP contribution in [0.3, 0.4) is 0 Å². The highest BCUT2D eigenvalue weighted by molar-refractivity contribution is 7.80. The fourth-order valence-electron chi connectivity index (χ4n) is 1.63. The van der Waals surface area contributed by atoms with Gasteiger partial charge in [-0.25, -0.2) is 0 Å². The third-order valence-electron chi connectivity index (χ3n) is 2.62. The van der Waals surface area contributed by atoms with E-state index in [4.69, 9.17) is 18.0 Å². The fraction of sp³-hybridized carbons (Fsp3) is 0.385. The van der Waals surface area contributed by atoms with Gasteiger partial charge in [0, 0.05) is 19.0 Å². The third-order valence-corrected chi connectivity index (χ3v) is 2.82. The molecule has 0 aromatic heterocycles. The number of phenols is 1. The molecule has 0 saturated carbocycles. The Morgan fingerprint density at radius 1 is 1.44 bits per heavy atom. The summed E-state index contributed by atoms with van der Waals surface area (Å²) in [6.45, 7) is 4.29. The average molecular weight is 266 g/mol. The predicted octanol–water partition coefficient (Wildman–Crippen LogP) is 1.92. The van der Waals surface area contributed by atoms with Gasteiger partial charge in [0.1, 0.15) is 5.75 Å². The molecule has 18 heavy (non-hydrogen) atoms. The summed E-state index contributed by atoms with van der Waals surface area (Å²) in [5.74, 6) is -0.220. The number of nitrogens with zero attached hydrogens (tertiary/aromatic N) is 1. The number of thiocarbonyl (C=S) groups is 1. The largest absolute Gasteiger partial charge is 0.507 e. The van der Waals surface area contributed by atoms with Gasteiger partial charge in [-0.05, 0) is 26.0 Å². The van der Waals surface area contributed by atoms with Gasteiger partial charge in [-0.1, -0.05) is 24.4 Å². The molecule has 1 aromatic rings. The molecule has 1 amide bonds. The van der Waals surface area contributed by atoms with Crippen molar-refractivity contribution in [3.05, 3.63) is 29.8 Å². The van der Waals surface area contributed by atoms with E-state index in [1.165, 1.54) is 6.07 Å². The maximum absolute atomic E-state index is 12.3. The molecule has 98 valence electrons. The molecule has 0 atom stereocenters. The highest BCUT2D eigenvalue weighted by Gasteiger charge is 2.20. The molecule has 5 heteroatoms. The summed E-state index contributed by atoms with van der Waals surface area (Å²) in [6.07, 6.45) is 0.479. The molecule has 0 aliphatic heterocycles. The summed E-state index contributed by atoms with van der Waals surface area (Å²) in [4.78, 5) is 14.3. The van der Waals surface area contributed by atoms with Crippen molar-refractivity contribution in [2.24, 2.45) is 5.73 Å². The van der Waals surface area contributed by atoms with E-state index in [0.717, 1.165) is 0 Å². The number of amides is 1. The summed E-state index contributed by atoms with van der Waals surface area (Å²) in [5, 5.41) is 9.69. The van der Waals surface area contributed by atoms with E-state index in [1.807, 2.05) is 13.8 Å². The zero-order valence-electron chi connectivity index (χ0n) is 10.6. The first kappa shape index (κ1) is 14.4. The van der Waals surface area contributed by atoms with Crippen LogP contribution in [0.5, 0.6) is 5.75 Å². The van der Waals surface area contributed by atoms with E-state index in [9.17, 15) is 9.90 Å². The molecule has 3 N–H and O–H groups in total. The molecule has 4 nitrogen and oxygen atoms in total. The van der Waals surface area contributed by atoms with Gasteiger partial charge in [-0.3, -0.25) is 4.79 Å². The minimum absolute atomic E-state index is 0.0107. The van der Waals surface area contributed by atoms with E-state index in [1.54, 1.807) is 23.1 Å². The van der Waals surface area contributed by atoms with Crippen LogP contribution < -0.4 is 5.73 Å². The van der Waals surface area contributed by atoms with Gasteiger partial charge < -0.3 is 15.7 Å². The Balaban J connectivity index is 2.90. The highest BCUT2D eigenvalue weighted by atomic mass is 32.1. The maximum atomic E-state index is 12.3. The summed E-state index contributed by atoms with van der Waals surface area (Å²) in [5.41, 5.74) is 5.75. The number of phenolic OH excluding ortho intramolecular Hbond substituents is 1. The number of aromatic hydroxyl groups is 1. The Hall–Kier alpha value is -1.62. The standard InChI is InChI=1S/C13H18N2O2S/c1-9(2)15(8-7-12(14)18)13(17)10-5-3-4-6-11(10)16/h3-6,9,16H,7-8H2,1-2H3,(H2,14,18). The van der Waals surface area contributed by atoms with Crippen LogP contribution in [0.15, 0.2) is 24.3 Å². The van der Waals surface area contributed by atoms with Crippen molar-refractivity contribution in [2.45, 2.75) is 26.3 Å². The van der Waals surface area contributed by atoms with Crippen molar-refractivity contribution in [1.29, 1.82) is 0 Å². The molecule has 0 bridgehead atoms. The maximum Gasteiger partial charge on any atom is 0.257 e. The Morgan fingerprint density at radius 2 is 2.06 bits per heavy atom. The number of carbonyl (C=O) groups is 1. The second kappa shape index (κ2) is 6.35. The van der Waals surface area contributed by atoms with Crippen LogP contribution in [-0.2, 0) is 0 Å². The van der Waals surface area contributed by atoms with Crippen LogP contribution in [0.1, 0.15) is 30.6 Å². The van der Waals surface area contributed by atoms with Crippen molar-refractivity contribution < 1.29 is 9.90 Å². The fourth-order valence-corrected chi connectivity index (χ4v) is 1.73. The zero-order valence-corrected chi connectivity index (χ0v) is 11.4. The van der Waals surface area contributed by atoms with Gasteiger partial charge in [0.15, 0.2) is 0 Å². The lowest BCUT2D eigenvalue weighted by atomic mass is 10.1. The minimum Gasteiger partial charge on any atom is -0.507 e. The van der Waals surface area contributed by atoms with Gasteiger partial charge in [0.05, 0.1) is 10.6 Å². The number of carbonyl (C=O) groups excluding carboxylic acids is 1. The summed E-state index contributed by atoms with van der Waals surface area (Å²) < 4.78 is 0. The van der Waals surface area contributed by atoms with E-state index < -0.39 is 0 Å². The second-order valence-corrected chi connectivity index (χ2v) is 4.85. The molecule has 1 rings (SSSR count). The number of nitrogens with two attached hydrogens (primary N) is 1. The lowest BCUT2D eigenvalue weighted by Crippen LogP contribution is -2.39. The molecule has 0 radical (unpaired) electrons. The topological polar surface area (TPSA) is 66.6 Å². The number of hydrogen-bond acceptors (Lipinski definition) is 3. The lowest BCUT2D eigenvalue weighted by Gasteiger charge is -2.27. The monoisotopic (exact) mass is 266 g/mol. The quantitative estimate of drug-likeness (QED) is 0.799. The number of para-hydroxylation sites is 1. The lowest BCUT2D eigenvalue weighted by molar-refractivity contribution is 0.0708. The van der Waals surface area contributed by atoms with E-state index in [0.29, 0.717) is 23.5 Å². The predicted molar refractivity (Wildman–Crippen MR) is 75.7 cm³/mol. The molecular weight excluding hydrogens is 248 g/mol.